The lowest BCUT2D eigenvalue weighted by atomic mass is 10.1. The number of hydrogen-bond donors (Lipinski definition) is 0. The van der Waals surface area contributed by atoms with E-state index in [1.54, 1.807) is 4.57 Å². The Morgan fingerprint density at radius 2 is 1.59 bits per heavy atom. The van der Waals surface area contributed by atoms with Gasteiger partial charge in [0, 0.05) is 31.6 Å². The molecule has 0 spiro atoms. The van der Waals surface area contributed by atoms with Crippen LogP contribution < -0.4 is 5.56 Å². The van der Waals surface area contributed by atoms with Crippen molar-refractivity contribution in [3.05, 3.63) is 82.3 Å². The van der Waals surface area contributed by atoms with Crippen molar-refractivity contribution in [3.8, 4) is 0 Å². The minimum atomic E-state index is -0.116. The van der Waals surface area contributed by atoms with Crippen molar-refractivity contribution in [2.75, 3.05) is 33.2 Å². The number of amides is 1. The van der Waals surface area contributed by atoms with E-state index in [0.29, 0.717) is 30.7 Å². The Morgan fingerprint density at radius 1 is 0.926 bits per heavy atom. The zero-order valence-corrected chi connectivity index (χ0v) is 15.5. The summed E-state index contributed by atoms with van der Waals surface area (Å²) in [6.45, 7) is 3.45. The Labute approximate surface area is 158 Å². The highest BCUT2D eigenvalue weighted by molar-refractivity contribution is 5.96. The highest BCUT2D eigenvalue weighted by Gasteiger charge is 2.24. The van der Waals surface area contributed by atoms with Gasteiger partial charge in [-0.15, -0.1) is 0 Å². The van der Waals surface area contributed by atoms with Crippen LogP contribution in [0.5, 0.6) is 0 Å². The Balaban J connectivity index is 1.81. The number of benzene rings is 2. The van der Waals surface area contributed by atoms with Crippen LogP contribution in [0.25, 0.3) is 10.8 Å². The summed E-state index contributed by atoms with van der Waals surface area (Å²) in [6.07, 6.45) is 0. The Kier molecular flexibility index (Phi) is 4.77. The second-order valence-corrected chi connectivity index (χ2v) is 7.09. The summed E-state index contributed by atoms with van der Waals surface area (Å²) in [5.41, 5.74) is 1.35. The van der Waals surface area contributed by atoms with Crippen LogP contribution in [-0.4, -0.2) is 53.5 Å². The first kappa shape index (κ1) is 17.5. The number of carbonyl (C=O) groups excluding carboxylic acids is 1. The second kappa shape index (κ2) is 7.37. The molecule has 0 unspecified atom stereocenters. The number of carbonyl (C=O) groups is 1. The SMILES string of the molecule is CN1CCN(C(=O)c2cc3ccccc3c(=O)n2Cc2ccccc2)CC1. The van der Waals surface area contributed by atoms with E-state index in [4.69, 9.17) is 0 Å². The number of hydrogen-bond acceptors (Lipinski definition) is 3. The highest BCUT2D eigenvalue weighted by atomic mass is 16.2. The third-order valence-electron chi connectivity index (χ3n) is 5.21. The molecule has 1 fully saturated rings. The van der Waals surface area contributed by atoms with Crippen molar-refractivity contribution >= 4 is 16.7 Å². The zero-order valence-electron chi connectivity index (χ0n) is 15.5. The number of nitrogens with zero attached hydrogens (tertiary/aromatic N) is 3. The number of aromatic nitrogens is 1. The first-order valence-corrected chi connectivity index (χ1v) is 9.28. The van der Waals surface area contributed by atoms with Crippen LogP contribution in [0.4, 0.5) is 0 Å². The fourth-order valence-corrected chi connectivity index (χ4v) is 3.57. The second-order valence-electron chi connectivity index (χ2n) is 7.09. The lowest BCUT2D eigenvalue weighted by Crippen LogP contribution is -2.48. The predicted molar refractivity (Wildman–Crippen MR) is 107 cm³/mol. The van der Waals surface area contributed by atoms with Crippen molar-refractivity contribution in [3.63, 3.8) is 0 Å². The van der Waals surface area contributed by atoms with Gasteiger partial charge in [0.2, 0.25) is 0 Å². The molecule has 2 aromatic carbocycles. The summed E-state index contributed by atoms with van der Waals surface area (Å²) in [5, 5.41) is 1.45. The minimum Gasteiger partial charge on any atom is -0.335 e. The summed E-state index contributed by atoms with van der Waals surface area (Å²) in [7, 11) is 2.06. The van der Waals surface area contributed by atoms with E-state index < -0.39 is 0 Å². The molecule has 3 aromatic rings. The van der Waals surface area contributed by atoms with E-state index in [2.05, 4.69) is 11.9 Å². The maximum atomic E-state index is 13.3. The molecule has 1 aliphatic heterocycles. The van der Waals surface area contributed by atoms with Gasteiger partial charge in [0.1, 0.15) is 5.69 Å². The summed E-state index contributed by atoms with van der Waals surface area (Å²) >= 11 is 0. The molecule has 2 heterocycles. The number of pyridine rings is 1. The van der Waals surface area contributed by atoms with Gasteiger partial charge in [-0.1, -0.05) is 48.5 Å². The van der Waals surface area contributed by atoms with E-state index in [9.17, 15) is 9.59 Å². The first-order chi connectivity index (χ1) is 13.1. The molecule has 0 N–H and O–H groups in total. The van der Waals surface area contributed by atoms with Crippen LogP contribution in [0.2, 0.25) is 0 Å². The van der Waals surface area contributed by atoms with Crippen molar-refractivity contribution in [1.82, 2.24) is 14.4 Å². The Hall–Kier alpha value is -2.92. The molecule has 0 atom stereocenters. The van der Waals surface area contributed by atoms with E-state index >= 15 is 0 Å². The fourth-order valence-electron chi connectivity index (χ4n) is 3.57. The van der Waals surface area contributed by atoms with Crippen LogP contribution in [0.3, 0.4) is 0 Å². The third kappa shape index (κ3) is 3.51. The average Bonchev–Trinajstić information content (AvgIpc) is 2.71. The van der Waals surface area contributed by atoms with Crippen molar-refractivity contribution in [2.45, 2.75) is 6.54 Å². The molecular weight excluding hydrogens is 338 g/mol. The zero-order chi connectivity index (χ0) is 18.8. The molecule has 1 aliphatic rings. The van der Waals surface area contributed by atoms with Gasteiger partial charge >= 0.3 is 0 Å². The van der Waals surface area contributed by atoms with Crippen molar-refractivity contribution in [1.29, 1.82) is 0 Å². The highest BCUT2D eigenvalue weighted by Crippen LogP contribution is 2.16. The normalized spacial score (nSPS) is 15.2. The smallest absolute Gasteiger partial charge is 0.270 e. The van der Waals surface area contributed by atoms with E-state index in [1.165, 1.54) is 0 Å². The van der Waals surface area contributed by atoms with E-state index in [0.717, 1.165) is 24.0 Å². The molecular formula is C22H23N3O2. The average molecular weight is 361 g/mol. The van der Waals surface area contributed by atoms with Gasteiger partial charge in [0.05, 0.1) is 6.54 Å². The molecule has 0 bridgehead atoms. The molecule has 0 saturated carbocycles. The van der Waals surface area contributed by atoms with E-state index in [-0.39, 0.29) is 11.5 Å². The van der Waals surface area contributed by atoms with Crippen molar-refractivity contribution < 1.29 is 4.79 Å². The summed E-state index contributed by atoms with van der Waals surface area (Å²) in [6, 6.07) is 19.1. The monoisotopic (exact) mass is 361 g/mol. The quantitative estimate of drug-likeness (QED) is 0.720. The fraction of sp³-hybridized carbons (Fsp3) is 0.273. The lowest BCUT2D eigenvalue weighted by Gasteiger charge is -2.33. The standard InChI is InChI=1S/C22H23N3O2/c1-23-11-13-24(14-12-23)22(27)20-15-18-9-5-6-10-19(18)21(26)25(20)16-17-7-3-2-4-8-17/h2-10,15H,11-14,16H2,1H3. The van der Waals surface area contributed by atoms with Gasteiger partial charge in [-0.05, 0) is 30.1 Å². The van der Waals surface area contributed by atoms with Crippen LogP contribution in [-0.2, 0) is 6.54 Å². The first-order valence-electron chi connectivity index (χ1n) is 9.28. The Bertz CT molecular complexity index is 1020. The molecule has 138 valence electrons. The van der Waals surface area contributed by atoms with Gasteiger partial charge in [0.15, 0.2) is 0 Å². The van der Waals surface area contributed by atoms with Gasteiger partial charge in [0.25, 0.3) is 11.5 Å². The third-order valence-corrected chi connectivity index (χ3v) is 5.21. The van der Waals surface area contributed by atoms with Gasteiger partial charge in [-0.25, -0.2) is 0 Å². The summed E-state index contributed by atoms with van der Waals surface area (Å²) in [5.74, 6) is -0.0677. The maximum Gasteiger partial charge on any atom is 0.270 e. The predicted octanol–water partition coefficient (Wildman–Crippen LogP) is 2.44. The maximum absolute atomic E-state index is 13.3. The summed E-state index contributed by atoms with van der Waals surface area (Å²) in [4.78, 5) is 30.5. The van der Waals surface area contributed by atoms with Crippen LogP contribution in [0.1, 0.15) is 16.1 Å². The molecule has 5 heteroatoms. The molecule has 1 saturated heterocycles. The van der Waals surface area contributed by atoms with Gasteiger partial charge in [-0.3, -0.25) is 14.2 Å². The lowest BCUT2D eigenvalue weighted by molar-refractivity contribution is 0.0652. The van der Waals surface area contributed by atoms with Crippen molar-refractivity contribution in [2.24, 2.45) is 0 Å². The summed E-state index contributed by atoms with van der Waals surface area (Å²) < 4.78 is 1.62. The van der Waals surface area contributed by atoms with Gasteiger partial charge in [-0.2, -0.15) is 0 Å². The molecule has 4 rings (SSSR count). The number of likely N-dealkylation sites (N-methyl/N-ethyl adjacent to an activating group) is 1. The molecule has 27 heavy (non-hydrogen) atoms. The Morgan fingerprint density at radius 3 is 2.33 bits per heavy atom. The molecule has 1 amide bonds. The van der Waals surface area contributed by atoms with Crippen LogP contribution in [0.15, 0.2) is 65.5 Å². The van der Waals surface area contributed by atoms with Gasteiger partial charge < -0.3 is 9.80 Å². The van der Waals surface area contributed by atoms with E-state index in [1.807, 2.05) is 65.6 Å². The molecule has 1 aromatic heterocycles. The largest absolute Gasteiger partial charge is 0.335 e. The van der Waals surface area contributed by atoms with Crippen LogP contribution >= 0.6 is 0 Å². The number of piperazine rings is 1. The molecule has 5 nitrogen and oxygen atoms in total. The molecule has 0 aliphatic carbocycles. The van der Waals surface area contributed by atoms with Crippen LogP contribution in [0, 0.1) is 0 Å². The number of fused-ring (bicyclic) bond motifs is 1. The molecule has 0 radical (unpaired) electrons. The topological polar surface area (TPSA) is 45.6 Å². The minimum absolute atomic E-state index is 0.0677. The number of rotatable bonds is 3.